The molecule has 1 heterocycles. The predicted molar refractivity (Wildman–Crippen MR) is 89.9 cm³/mol. The highest BCUT2D eigenvalue weighted by atomic mass is 16.5. The third-order valence-electron chi connectivity index (χ3n) is 4.39. The van der Waals surface area contributed by atoms with Crippen LogP contribution in [0.15, 0.2) is 15.6 Å². The van der Waals surface area contributed by atoms with Gasteiger partial charge in [-0.1, -0.05) is 25.9 Å². The van der Waals surface area contributed by atoms with Gasteiger partial charge in [0.15, 0.2) is 11.7 Å². The Hall–Kier alpha value is -1.52. The van der Waals surface area contributed by atoms with Crippen LogP contribution in [-0.2, 0) is 13.0 Å². The summed E-state index contributed by atoms with van der Waals surface area (Å²) in [5.74, 6) is 1.69. The lowest BCUT2D eigenvalue weighted by molar-refractivity contribution is 0.216. The molecule has 1 aliphatic carbocycles. The topological polar surface area (TPSA) is 62.5 Å². The Labute approximate surface area is 133 Å². The van der Waals surface area contributed by atoms with Crippen molar-refractivity contribution >= 4 is 5.96 Å². The Kier molecular flexibility index (Phi) is 5.86. The molecule has 5 nitrogen and oxygen atoms in total. The highest BCUT2D eigenvalue weighted by molar-refractivity contribution is 5.80. The number of nitrogens with zero attached hydrogens (tertiary/aromatic N) is 2. The van der Waals surface area contributed by atoms with E-state index in [0.717, 1.165) is 30.4 Å². The number of rotatable bonds is 5. The van der Waals surface area contributed by atoms with Crippen molar-refractivity contribution in [3.05, 3.63) is 17.5 Å². The largest absolute Gasteiger partial charge is 0.359 e. The first kappa shape index (κ1) is 16.8. The second kappa shape index (κ2) is 7.65. The molecule has 0 spiro atoms. The quantitative estimate of drug-likeness (QED) is 0.647. The van der Waals surface area contributed by atoms with Gasteiger partial charge < -0.3 is 15.2 Å². The summed E-state index contributed by atoms with van der Waals surface area (Å²) in [6.45, 7) is 10.3. The lowest BCUT2D eigenvalue weighted by Crippen LogP contribution is -2.45. The fourth-order valence-corrected chi connectivity index (χ4v) is 2.81. The Morgan fingerprint density at radius 1 is 1.36 bits per heavy atom. The Balaban J connectivity index is 1.90. The van der Waals surface area contributed by atoms with Crippen molar-refractivity contribution in [2.45, 2.75) is 72.4 Å². The molecule has 22 heavy (non-hydrogen) atoms. The van der Waals surface area contributed by atoms with Crippen molar-refractivity contribution in [2.75, 3.05) is 6.54 Å². The van der Waals surface area contributed by atoms with Gasteiger partial charge in [0, 0.05) is 18.7 Å². The van der Waals surface area contributed by atoms with Gasteiger partial charge in [-0.2, -0.15) is 0 Å². The van der Waals surface area contributed by atoms with E-state index in [4.69, 9.17) is 4.52 Å². The highest BCUT2D eigenvalue weighted by Gasteiger charge is 2.27. The van der Waals surface area contributed by atoms with Gasteiger partial charge in [0.25, 0.3) is 0 Å². The summed E-state index contributed by atoms with van der Waals surface area (Å²) >= 11 is 0. The summed E-state index contributed by atoms with van der Waals surface area (Å²) in [4.78, 5) is 4.62. The van der Waals surface area contributed by atoms with Crippen molar-refractivity contribution in [3.63, 3.8) is 0 Å². The number of aliphatic imine (C=N–C) groups is 1. The lowest BCUT2D eigenvalue weighted by Gasteiger charge is -2.35. The van der Waals surface area contributed by atoms with Crippen LogP contribution in [0.5, 0.6) is 0 Å². The summed E-state index contributed by atoms with van der Waals surface area (Å²) in [6, 6.07) is 2.50. The minimum atomic E-state index is 0.490. The van der Waals surface area contributed by atoms with E-state index in [2.05, 4.69) is 48.5 Å². The molecule has 2 rings (SSSR count). The number of aryl methyl sites for hydroxylation is 1. The molecule has 1 aromatic heterocycles. The van der Waals surface area contributed by atoms with E-state index in [9.17, 15) is 0 Å². The molecule has 124 valence electrons. The van der Waals surface area contributed by atoms with E-state index < -0.39 is 0 Å². The van der Waals surface area contributed by atoms with Crippen molar-refractivity contribution in [1.29, 1.82) is 0 Å². The zero-order chi connectivity index (χ0) is 16.0. The molecular formula is C17H30N4O. The van der Waals surface area contributed by atoms with Gasteiger partial charge in [0.1, 0.15) is 6.54 Å². The van der Waals surface area contributed by atoms with Gasteiger partial charge in [-0.3, -0.25) is 0 Å². The third kappa shape index (κ3) is 5.04. The maximum absolute atomic E-state index is 5.29. The van der Waals surface area contributed by atoms with Gasteiger partial charge in [-0.15, -0.1) is 0 Å². The van der Waals surface area contributed by atoms with E-state index in [1.165, 1.54) is 25.7 Å². The molecule has 0 saturated heterocycles. The first-order valence-corrected chi connectivity index (χ1v) is 8.51. The Morgan fingerprint density at radius 3 is 2.68 bits per heavy atom. The Bertz CT molecular complexity index is 483. The van der Waals surface area contributed by atoms with Gasteiger partial charge in [0.05, 0.1) is 5.69 Å². The maximum atomic E-state index is 5.29. The fourth-order valence-electron chi connectivity index (χ4n) is 2.81. The van der Waals surface area contributed by atoms with Gasteiger partial charge in [-0.25, -0.2) is 4.99 Å². The van der Waals surface area contributed by atoms with Crippen LogP contribution in [0.3, 0.4) is 0 Å². The van der Waals surface area contributed by atoms with Crippen LogP contribution in [0.25, 0.3) is 0 Å². The van der Waals surface area contributed by atoms with E-state index >= 15 is 0 Å². The van der Waals surface area contributed by atoms with Gasteiger partial charge in [0.2, 0.25) is 0 Å². The van der Waals surface area contributed by atoms with Crippen molar-refractivity contribution in [3.8, 4) is 0 Å². The van der Waals surface area contributed by atoms with E-state index in [-0.39, 0.29) is 0 Å². The maximum Gasteiger partial charge on any atom is 0.191 e. The monoisotopic (exact) mass is 306 g/mol. The molecular weight excluding hydrogens is 276 g/mol. The summed E-state index contributed by atoms with van der Waals surface area (Å²) in [7, 11) is 0. The van der Waals surface area contributed by atoms with Crippen LogP contribution in [0.4, 0.5) is 0 Å². The number of nitrogens with one attached hydrogen (secondary N) is 2. The summed E-state index contributed by atoms with van der Waals surface area (Å²) in [5.41, 5.74) is 1.47. The number of hydrogen-bond acceptors (Lipinski definition) is 3. The molecule has 1 aromatic rings. The van der Waals surface area contributed by atoms with Crippen molar-refractivity contribution < 1.29 is 4.52 Å². The van der Waals surface area contributed by atoms with Crippen molar-refractivity contribution in [2.24, 2.45) is 10.4 Å². The first-order chi connectivity index (χ1) is 10.5. The van der Waals surface area contributed by atoms with Crippen LogP contribution in [0, 0.1) is 5.41 Å². The standard InChI is InChI=1S/C17H30N4O/c1-5-13-11-15(22-21-13)12-19-16(18-6-2)20-14-7-9-17(3,4)10-8-14/h11,14H,5-10,12H2,1-4H3,(H2,18,19,20). The zero-order valence-corrected chi connectivity index (χ0v) is 14.4. The molecule has 1 fully saturated rings. The summed E-state index contributed by atoms with van der Waals surface area (Å²) in [5, 5.41) is 10.9. The van der Waals surface area contributed by atoms with E-state index in [0.29, 0.717) is 18.0 Å². The van der Waals surface area contributed by atoms with Crippen LogP contribution < -0.4 is 10.6 Å². The molecule has 1 saturated carbocycles. The molecule has 0 radical (unpaired) electrons. The summed E-state index contributed by atoms with van der Waals surface area (Å²) in [6.07, 6.45) is 5.85. The minimum absolute atomic E-state index is 0.490. The molecule has 0 aliphatic heterocycles. The van der Waals surface area contributed by atoms with Crippen LogP contribution in [0.1, 0.15) is 64.8 Å². The number of hydrogen-bond donors (Lipinski definition) is 2. The fraction of sp³-hybridized carbons (Fsp3) is 0.765. The normalized spacial score (nSPS) is 19.2. The van der Waals surface area contributed by atoms with Gasteiger partial charge >= 0.3 is 0 Å². The second-order valence-electron chi connectivity index (χ2n) is 6.92. The second-order valence-corrected chi connectivity index (χ2v) is 6.92. The lowest BCUT2D eigenvalue weighted by atomic mass is 9.75. The molecule has 0 bridgehead atoms. The predicted octanol–water partition coefficient (Wildman–Crippen LogP) is 3.26. The van der Waals surface area contributed by atoms with Crippen LogP contribution in [-0.4, -0.2) is 23.7 Å². The minimum Gasteiger partial charge on any atom is -0.359 e. The van der Waals surface area contributed by atoms with Gasteiger partial charge in [-0.05, 0) is 44.4 Å². The SMILES string of the molecule is CCNC(=NCc1cc(CC)no1)NC1CCC(C)(C)CC1. The average Bonchev–Trinajstić information content (AvgIpc) is 2.95. The number of guanidine groups is 1. The van der Waals surface area contributed by atoms with Crippen LogP contribution >= 0.6 is 0 Å². The smallest absolute Gasteiger partial charge is 0.191 e. The average molecular weight is 306 g/mol. The van der Waals surface area contributed by atoms with Crippen LogP contribution in [0.2, 0.25) is 0 Å². The Morgan fingerprint density at radius 2 is 2.09 bits per heavy atom. The van der Waals surface area contributed by atoms with E-state index in [1.54, 1.807) is 0 Å². The molecule has 0 unspecified atom stereocenters. The molecule has 0 atom stereocenters. The van der Waals surface area contributed by atoms with E-state index in [1.807, 2.05) is 6.07 Å². The molecule has 0 aromatic carbocycles. The summed E-state index contributed by atoms with van der Waals surface area (Å²) < 4.78 is 5.29. The molecule has 0 amide bonds. The highest BCUT2D eigenvalue weighted by Crippen LogP contribution is 2.34. The number of aromatic nitrogens is 1. The zero-order valence-electron chi connectivity index (χ0n) is 14.4. The molecule has 1 aliphatic rings. The van der Waals surface area contributed by atoms with Crippen molar-refractivity contribution in [1.82, 2.24) is 15.8 Å². The molecule has 2 N–H and O–H groups in total. The molecule has 5 heteroatoms. The first-order valence-electron chi connectivity index (χ1n) is 8.51. The third-order valence-corrected chi connectivity index (χ3v) is 4.39.